The highest BCUT2D eigenvalue weighted by molar-refractivity contribution is 6.17. The molecule has 7 heteroatoms. The van der Waals surface area contributed by atoms with Crippen LogP contribution in [0.5, 0.6) is 5.75 Å². The van der Waals surface area contributed by atoms with Gasteiger partial charge in [0.05, 0.1) is 0 Å². The Bertz CT molecular complexity index is 534. The zero-order chi connectivity index (χ0) is 13.0. The molecule has 18 heavy (non-hydrogen) atoms. The van der Waals surface area contributed by atoms with Crippen LogP contribution in [0.3, 0.4) is 0 Å². The Balaban J connectivity index is 1.97. The standard InChI is InChI=1S/C11H9ClF2N2O2/c12-4-3-10-15-16-11(18-10)6-17-9-2-1-7(13)5-8(9)14/h1-2,5H,3-4,6H2. The fraction of sp³-hybridized carbons (Fsp3) is 0.273. The lowest BCUT2D eigenvalue weighted by Gasteiger charge is -2.03. The van der Waals surface area contributed by atoms with Crippen LogP contribution in [0.2, 0.25) is 0 Å². The van der Waals surface area contributed by atoms with Gasteiger partial charge in [-0.1, -0.05) is 0 Å². The molecule has 2 rings (SSSR count). The smallest absolute Gasteiger partial charge is 0.253 e. The van der Waals surface area contributed by atoms with E-state index >= 15 is 0 Å². The minimum Gasteiger partial charge on any atom is -0.481 e. The van der Waals surface area contributed by atoms with Crippen molar-refractivity contribution in [3.8, 4) is 5.75 Å². The maximum Gasteiger partial charge on any atom is 0.253 e. The third-order valence-corrected chi connectivity index (χ3v) is 2.25. The van der Waals surface area contributed by atoms with Crippen LogP contribution in [0.1, 0.15) is 11.8 Å². The molecule has 0 unspecified atom stereocenters. The molecule has 0 amide bonds. The van der Waals surface area contributed by atoms with Gasteiger partial charge in [-0.2, -0.15) is 0 Å². The molecule has 2 aromatic rings. The minimum absolute atomic E-state index is 0.0755. The van der Waals surface area contributed by atoms with Gasteiger partial charge in [0.25, 0.3) is 5.89 Å². The summed E-state index contributed by atoms with van der Waals surface area (Å²) in [5.74, 6) is -0.553. The Hall–Kier alpha value is -1.69. The molecular weight excluding hydrogens is 266 g/mol. The predicted molar refractivity (Wildman–Crippen MR) is 59.4 cm³/mol. The van der Waals surface area contributed by atoms with E-state index in [0.29, 0.717) is 18.2 Å². The van der Waals surface area contributed by atoms with E-state index in [4.69, 9.17) is 20.8 Å². The SMILES string of the molecule is Fc1ccc(OCc2nnc(CCCl)o2)c(F)c1. The van der Waals surface area contributed by atoms with Crippen LogP contribution < -0.4 is 4.74 Å². The molecule has 0 atom stereocenters. The second-order valence-corrected chi connectivity index (χ2v) is 3.77. The average molecular weight is 275 g/mol. The Morgan fingerprint density at radius 1 is 1.22 bits per heavy atom. The van der Waals surface area contributed by atoms with E-state index in [1.807, 2.05) is 0 Å². The molecule has 1 aromatic carbocycles. The lowest BCUT2D eigenvalue weighted by molar-refractivity contribution is 0.248. The van der Waals surface area contributed by atoms with Crippen LogP contribution in [0.15, 0.2) is 22.6 Å². The number of aromatic nitrogens is 2. The van der Waals surface area contributed by atoms with Gasteiger partial charge >= 0.3 is 0 Å². The zero-order valence-electron chi connectivity index (χ0n) is 9.20. The highest BCUT2D eigenvalue weighted by Gasteiger charge is 2.09. The van der Waals surface area contributed by atoms with Gasteiger partial charge in [-0.05, 0) is 12.1 Å². The van der Waals surface area contributed by atoms with Gasteiger partial charge in [0.2, 0.25) is 5.89 Å². The second kappa shape index (κ2) is 5.77. The zero-order valence-corrected chi connectivity index (χ0v) is 9.95. The quantitative estimate of drug-likeness (QED) is 0.787. The van der Waals surface area contributed by atoms with E-state index in [2.05, 4.69) is 10.2 Å². The minimum atomic E-state index is -0.782. The molecule has 0 aliphatic heterocycles. The largest absolute Gasteiger partial charge is 0.481 e. The van der Waals surface area contributed by atoms with Gasteiger partial charge in [-0.15, -0.1) is 21.8 Å². The number of benzene rings is 1. The average Bonchev–Trinajstić information content (AvgIpc) is 2.76. The molecular formula is C11H9ClF2N2O2. The number of halogens is 3. The number of aryl methyl sites for hydroxylation is 1. The molecule has 0 radical (unpaired) electrons. The second-order valence-electron chi connectivity index (χ2n) is 3.39. The molecule has 1 aromatic heterocycles. The van der Waals surface area contributed by atoms with Crippen LogP contribution >= 0.6 is 11.6 Å². The summed E-state index contributed by atoms with van der Waals surface area (Å²) in [6.07, 6.45) is 0.458. The number of rotatable bonds is 5. The number of hydrogen-bond acceptors (Lipinski definition) is 4. The number of ether oxygens (including phenoxy) is 1. The fourth-order valence-corrected chi connectivity index (χ4v) is 1.42. The Kier molecular flexibility index (Phi) is 4.09. The van der Waals surface area contributed by atoms with Gasteiger partial charge in [-0.25, -0.2) is 8.78 Å². The highest BCUT2D eigenvalue weighted by atomic mass is 35.5. The summed E-state index contributed by atoms with van der Waals surface area (Å²) >= 11 is 5.51. The summed E-state index contributed by atoms with van der Waals surface area (Å²) in [7, 11) is 0. The lowest BCUT2D eigenvalue weighted by atomic mass is 10.3. The molecule has 0 fully saturated rings. The van der Waals surface area contributed by atoms with Crippen molar-refractivity contribution in [2.45, 2.75) is 13.0 Å². The van der Waals surface area contributed by atoms with Crippen molar-refractivity contribution in [1.29, 1.82) is 0 Å². The van der Waals surface area contributed by atoms with Crippen LogP contribution in [-0.2, 0) is 13.0 Å². The van der Waals surface area contributed by atoms with Gasteiger partial charge in [0, 0.05) is 18.4 Å². The lowest BCUT2D eigenvalue weighted by Crippen LogP contribution is -1.98. The highest BCUT2D eigenvalue weighted by Crippen LogP contribution is 2.18. The van der Waals surface area contributed by atoms with Gasteiger partial charge in [-0.3, -0.25) is 0 Å². The summed E-state index contributed by atoms with van der Waals surface area (Å²) in [5.41, 5.74) is 0. The summed E-state index contributed by atoms with van der Waals surface area (Å²) in [5, 5.41) is 7.42. The van der Waals surface area contributed by atoms with Crippen molar-refractivity contribution in [2.75, 3.05) is 5.88 Å². The van der Waals surface area contributed by atoms with Crippen molar-refractivity contribution in [3.63, 3.8) is 0 Å². The molecule has 0 saturated carbocycles. The number of hydrogen-bond donors (Lipinski definition) is 0. The number of nitrogens with zero attached hydrogens (tertiary/aromatic N) is 2. The van der Waals surface area contributed by atoms with Gasteiger partial charge < -0.3 is 9.15 Å². The first-order valence-electron chi connectivity index (χ1n) is 5.14. The molecule has 1 heterocycles. The molecule has 0 saturated heterocycles. The van der Waals surface area contributed by atoms with E-state index < -0.39 is 11.6 Å². The topological polar surface area (TPSA) is 48.2 Å². The van der Waals surface area contributed by atoms with E-state index in [9.17, 15) is 8.78 Å². The van der Waals surface area contributed by atoms with E-state index in [0.717, 1.165) is 12.1 Å². The summed E-state index contributed by atoms with van der Waals surface area (Å²) in [6, 6.07) is 3.04. The third-order valence-electron chi connectivity index (χ3n) is 2.06. The Morgan fingerprint density at radius 3 is 2.72 bits per heavy atom. The molecule has 0 N–H and O–H groups in total. The number of alkyl halides is 1. The summed E-state index contributed by atoms with van der Waals surface area (Å²) < 4.78 is 36.2. The third kappa shape index (κ3) is 3.16. The first-order valence-corrected chi connectivity index (χ1v) is 5.67. The molecule has 0 spiro atoms. The van der Waals surface area contributed by atoms with E-state index in [1.165, 1.54) is 6.07 Å². The Morgan fingerprint density at radius 2 is 2.00 bits per heavy atom. The van der Waals surface area contributed by atoms with Crippen molar-refractivity contribution in [2.24, 2.45) is 0 Å². The fourth-order valence-electron chi connectivity index (χ4n) is 1.26. The maximum absolute atomic E-state index is 13.2. The Labute approximate surface area is 107 Å². The van der Waals surface area contributed by atoms with Crippen LogP contribution in [0.25, 0.3) is 0 Å². The first-order chi connectivity index (χ1) is 8.69. The van der Waals surface area contributed by atoms with Crippen LogP contribution in [0, 0.1) is 11.6 Å². The van der Waals surface area contributed by atoms with Gasteiger partial charge in [0.15, 0.2) is 18.2 Å². The summed E-state index contributed by atoms with van der Waals surface area (Å²) in [6.45, 7) is -0.0855. The monoisotopic (exact) mass is 274 g/mol. The van der Waals surface area contributed by atoms with Crippen LogP contribution in [-0.4, -0.2) is 16.1 Å². The van der Waals surface area contributed by atoms with Crippen LogP contribution in [0.4, 0.5) is 8.78 Å². The molecule has 0 aliphatic carbocycles. The van der Waals surface area contributed by atoms with Gasteiger partial charge in [0.1, 0.15) is 5.82 Å². The normalized spacial score (nSPS) is 10.6. The van der Waals surface area contributed by atoms with Crippen molar-refractivity contribution in [3.05, 3.63) is 41.6 Å². The van der Waals surface area contributed by atoms with E-state index in [1.54, 1.807) is 0 Å². The van der Waals surface area contributed by atoms with Crippen molar-refractivity contribution >= 4 is 11.6 Å². The molecule has 4 nitrogen and oxygen atoms in total. The molecule has 96 valence electrons. The molecule has 0 aliphatic rings. The van der Waals surface area contributed by atoms with E-state index in [-0.39, 0.29) is 18.2 Å². The predicted octanol–water partition coefficient (Wildman–Crippen LogP) is 2.71. The summed E-state index contributed by atoms with van der Waals surface area (Å²) in [4.78, 5) is 0. The van der Waals surface area contributed by atoms with Crippen molar-refractivity contribution < 1.29 is 17.9 Å². The maximum atomic E-state index is 13.2. The van der Waals surface area contributed by atoms with Crippen molar-refractivity contribution in [1.82, 2.24) is 10.2 Å². The molecule has 0 bridgehead atoms. The first kappa shape index (κ1) is 12.8.